The monoisotopic (exact) mass is 260 g/mol. The van der Waals surface area contributed by atoms with Gasteiger partial charge < -0.3 is 10.2 Å². The molecule has 1 unspecified atom stereocenters. The first kappa shape index (κ1) is 14.1. The summed E-state index contributed by atoms with van der Waals surface area (Å²) in [5.41, 5.74) is 0. The van der Waals surface area contributed by atoms with Gasteiger partial charge in [0.25, 0.3) is 0 Å². The first-order chi connectivity index (χ1) is 7.75. The smallest absolute Gasteiger partial charge is 0.225 e. The third-order valence-corrected chi connectivity index (χ3v) is 2.85. The molecular weight excluding hydrogens is 243 g/mol. The van der Waals surface area contributed by atoms with Crippen LogP contribution in [0.4, 0.5) is 10.3 Å². The van der Waals surface area contributed by atoms with Crippen molar-refractivity contribution >= 4 is 18.4 Å². The highest BCUT2D eigenvalue weighted by Crippen LogP contribution is 2.10. The van der Waals surface area contributed by atoms with Gasteiger partial charge in [0.1, 0.15) is 0 Å². The Labute approximate surface area is 107 Å². The van der Waals surface area contributed by atoms with E-state index in [1.54, 1.807) is 0 Å². The summed E-state index contributed by atoms with van der Waals surface area (Å²) < 4.78 is 12.7. The number of rotatable bonds is 3. The zero-order valence-electron chi connectivity index (χ0n) is 9.90. The zero-order chi connectivity index (χ0) is 11.4. The number of nitrogens with one attached hydrogen (secondary N) is 1. The standard InChI is InChI=1S/C11H17FN4.ClH/c1-16(8-10-4-2-3-5-13-10)11-14-6-9(12)7-15-11;/h6-7,10,13H,2-5,8H2,1H3;1H. The minimum atomic E-state index is -0.395. The predicted octanol–water partition coefficient (Wildman–Crippen LogP) is 1.62. The van der Waals surface area contributed by atoms with E-state index in [-0.39, 0.29) is 12.4 Å². The van der Waals surface area contributed by atoms with Crippen LogP contribution in [-0.2, 0) is 0 Å². The molecule has 6 heteroatoms. The number of anilines is 1. The molecule has 2 heterocycles. The van der Waals surface area contributed by atoms with E-state index >= 15 is 0 Å². The Morgan fingerprint density at radius 3 is 2.71 bits per heavy atom. The van der Waals surface area contributed by atoms with Crippen molar-refractivity contribution in [1.29, 1.82) is 0 Å². The number of nitrogens with zero attached hydrogens (tertiary/aromatic N) is 3. The first-order valence-corrected chi connectivity index (χ1v) is 5.68. The second kappa shape index (κ2) is 6.71. The van der Waals surface area contributed by atoms with E-state index in [2.05, 4.69) is 15.3 Å². The van der Waals surface area contributed by atoms with Crippen molar-refractivity contribution in [2.75, 3.05) is 25.0 Å². The van der Waals surface area contributed by atoms with Crippen LogP contribution in [0.3, 0.4) is 0 Å². The lowest BCUT2D eigenvalue weighted by Gasteiger charge is -2.28. The van der Waals surface area contributed by atoms with Crippen LogP contribution in [0.5, 0.6) is 0 Å². The van der Waals surface area contributed by atoms with E-state index in [9.17, 15) is 4.39 Å². The summed E-state index contributed by atoms with van der Waals surface area (Å²) in [6.45, 7) is 1.95. The molecule has 0 bridgehead atoms. The third-order valence-electron chi connectivity index (χ3n) is 2.85. The van der Waals surface area contributed by atoms with E-state index < -0.39 is 5.82 Å². The van der Waals surface area contributed by atoms with Crippen molar-refractivity contribution in [2.45, 2.75) is 25.3 Å². The van der Waals surface area contributed by atoms with Crippen molar-refractivity contribution < 1.29 is 4.39 Å². The Bertz CT molecular complexity index is 327. The molecule has 2 rings (SSSR count). The molecule has 96 valence electrons. The van der Waals surface area contributed by atoms with Gasteiger partial charge in [0.05, 0.1) is 12.4 Å². The quantitative estimate of drug-likeness (QED) is 0.897. The number of likely N-dealkylation sites (N-methyl/N-ethyl adjacent to an activating group) is 1. The third kappa shape index (κ3) is 4.09. The van der Waals surface area contributed by atoms with Crippen LogP contribution in [0.1, 0.15) is 19.3 Å². The molecule has 4 nitrogen and oxygen atoms in total. The van der Waals surface area contributed by atoms with Gasteiger partial charge in [0.15, 0.2) is 5.82 Å². The van der Waals surface area contributed by atoms with Gasteiger partial charge in [-0.1, -0.05) is 6.42 Å². The van der Waals surface area contributed by atoms with Crippen molar-refractivity contribution in [1.82, 2.24) is 15.3 Å². The Morgan fingerprint density at radius 2 is 2.12 bits per heavy atom. The van der Waals surface area contributed by atoms with Crippen LogP contribution in [0.25, 0.3) is 0 Å². The van der Waals surface area contributed by atoms with Crippen LogP contribution in [0.15, 0.2) is 12.4 Å². The van der Waals surface area contributed by atoms with Gasteiger partial charge in [-0.2, -0.15) is 0 Å². The predicted molar refractivity (Wildman–Crippen MR) is 68.1 cm³/mol. The molecule has 1 N–H and O–H groups in total. The summed E-state index contributed by atoms with van der Waals surface area (Å²) >= 11 is 0. The molecular formula is C11H18ClFN4. The summed E-state index contributed by atoms with van der Waals surface area (Å²) in [4.78, 5) is 9.87. The lowest BCUT2D eigenvalue weighted by Crippen LogP contribution is -2.42. The van der Waals surface area contributed by atoms with Crippen molar-refractivity contribution in [2.24, 2.45) is 0 Å². The summed E-state index contributed by atoms with van der Waals surface area (Å²) in [5.74, 6) is 0.182. The molecule has 17 heavy (non-hydrogen) atoms. The van der Waals surface area contributed by atoms with Gasteiger partial charge in [-0.25, -0.2) is 14.4 Å². The van der Waals surface area contributed by atoms with Gasteiger partial charge >= 0.3 is 0 Å². The van der Waals surface area contributed by atoms with Crippen molar-refractivity contribution in [3.8, 4) is 0 Å². The van der Waals surface area contributed by atoms with Gasteiger partial charge in [-0.3, -0.25) is 0 Å². The van der Waals surface area contributed by atoms with Crippen LogP contribution in [-0.4, -0.2) is 36.1 Å². The van der Waals surface area contributed by atoms with Gasteiger partial charge in [0, 0.05) is 19.6 Å². The fourth-order valence-electron chi connectivity index (χ4n) is 1.99. The molecule has 0 radical (unpaired) electrons. The average molecular weight is 261 g/mol. The number of hydrogen-bond acceptors (Lipinski definition) is 4. The van der Waals surface area contributed by atoms with E-state index in [4.69, 9.17) is 0 Å². The van der Waals surface area contributed by atoms with Crippen LogP contribution >= 0.6 is 12.4 Å². The number of piperidine rings is 1. The van der Waals surface area contributed by atoms with Crippen molar-refractivity contribution in [3.63, 3.8) is 0 Å². The largest absolute Gasteiger partial charge is 0.342 e. The Kier molecular flexibility index (Phi) is 5.58. The second-order valence-corrected chi connectivity index (χ2v) is 4.23. The van der Waals surface area contributed by atoms with Crippen LogP contribution in [0.2, 0.25) is 0 Å². The maximum absolute atomic E-state index is 12.7. The Balaban J connectivity index is 0.00000144. The Hall–Kier alpha value is -0.940. The zero-order valence-corrected chi connectivity index (χ0v) is 10.7. The summed E-state index contributed by atoms with van der Waals surface area (Å²) in [7, 11) is 1.93. The number of halogens is 2. The minimum absolute atomic E-state index is 0. The van der Waals surface area contributed by atoms with Crippen LogP contribution < -0.4 is 10.2 Å². The summed E-state index contributed by atoms with van der Waals surface area (Å²) in [5, 5.41) is 3.46. The molecule has 0 saturated carbocycles. The lowest BCUT2D eigenvalue weighted by molar-refractivity contribution is 0.402. The lowest BCUT2D eigenvalue weighted by atomic mass is 10.0. The van der Waals surface area contributed by atoms with Gasteiger partial charge in [-0.15, -0.1) is 12.4 Å². The molecule has 0 spiro atoms. The maximum atomic E-state index is 12.7. The number of aromatic nitrogens is 2. The highest BCUT2D eigenvalue weighted by atomic mass is 35.5. The fourth-order valence-corrected chi connectivity index (χ4v) is 1.99. The normalized spacial score (nSPS) is 19.5. The number of hydrogen-bond donors (Lipinski definition) is 1. The molecule has 1 saturated heterocycles. The molecule has 1 fully saturated rings. The first-order valence-electron chi connectivity index (χ1n) is 5.68. The topological polar surface area (TPSA) is 41.0 Å². The van der Waals surface area contributed by atoms with E-state index in [0.29, 0.717) is 12.0 Å². The minimum Gasteiger partial charge on any atom is -0.342 e. The van der Waals surface area contributed by atoms with E-state index in [0.717, 1.165) is 13.1 Å². The molecule has 1 aliphatic rings. The fraction of sp³-hybridized carbons (Fsp3) is 0.636. The molecule has 1 aliphatic heterocycles. The molecule has 1 atom stereocenters. The van der Waals surface area contributed by atoms with Gasteiger partial charge in [-0.05, 0) is 19.4 Å². The SMILES string of the molecule is CN(CC1CCCCN1)c1ncc(F)cn1.Cl. The average Bonchev–Trinajstić information content (AvgIpc) is 2.31. The Morgan fingerprint density at radius 1 is 1.41 bits per heavy atom. The molecule has 0 amide bonds. The van der Waals surface area contributed by atoms with Crippen LogP contribution in [0, 0.1) is 5.82 Å². The van der Waals surface area contributed by atoms with E-state index in [1.807, 2.05) is 11.9 Å². The second-order valence-electron chi connectivity index (χ2n) is 4.23. The highest BCUT2D eigenvalue weighted by molar-refractivity contribution is 5.85. The molecule has 1 aromatic heterocycles. The van der Waals surface area contributed by atoms with Gasteiger partial charge in [0.2, 0.25) is 5.95 Å². The molecule has 0 aliphatic carbocycles. The highest BCUT2D eigenvalue weighted by Gasteiger charge is 2.15. The maximum Gasteiger partial charge on any atom is 0.225 e. The molecule has 0 aromatic carbocycles. The van der Waals surface area contributed by atoms with Crippen molar-refractivity contribution in [3.05, 3.63) is 18.2 Å². The molecule has 1 aromatic rings. The summed E-state index contributed by atoms with van der Waals surface area (Å²) in [6.07, 6.45) is 6.12. The summed E-state index contributed by atoms with van der Waals surface area (Å²) in [6, 6.07) is 0.493. The van der Waals surface area contributed by atoms with E-state index in [1.165, 1.54) is 31.7 Å².